The maximum Gasteiger partial charge on any atom is 0.303 e. The maximum atomic E-state index is 14.1. The van der Waals surface area contributed by atoms with Gasteiger partial charge in [0.1, 0.15) is 0 Å². The van der Waals surface area contributed by atoms with Crippen LogP contribution in [0.2, 0.25) is 0 Å². The van der Waals surface area contributed by atoms with Crippen LogP contribution >= 0.6 is 0 Å². The van der Waals surface area contributed by atoms with E-state index >= 15 is 0 Å². The van der Waals surface area contributed by atoms with Crippen molar-refractivity contribution in [3.8, 4) is 0 Å². The average Bonchev–Trinajstić information content (AvgIpc) is 2.93. The number of carboxylic acid groups (broad SMARTS) is 1. The third kappa shape index (κ3) is 3.22. The quantitative estimate of drug-likeness (QED) is 0.804. The Labute approximate surface area is 137 Å². The van der Waals surface area contributed by atoms with Crippen molar-refractivity contribution in [2.24, 2.45) is 0 Å². The van der Waals surface area contributed by atoms with E-state index in [1.807, 2.05) is 6.07 Å². The number of anilines is 1. The van der Waals surface area contributed by atoms with E-state index in [1.165, 1.54) is 0 Å². The molecule has 0 saturated carbocycles. The fourth-order valence-corrected chi connectivity index (χ4v) is 3.10. The lowest BCUT2D eigenvalue weighted by Gasteiger charge is -2.17. The molecular weight excluding hydrogens is 319 g/mol. The van der Waals surface area contributed by atoms with Crippen LogP contribution in [0.1, 0.15) is 35.6 Å². The Bertz CT molecular complexity index is 792. The Balaban J connectivity index is 1.81. The zero-order valence-corrected chi connectivity index (χ0v) is 12.8. The van der Waals surface area contributed by atoms with Gasteiger partial charge >= 0.3 is 5.97 Å². The number of carboxylic acids is 1. The molecule has 0 heterocycles. The fourth-order valence-electron chi connectivity index (χ4n) is 3.10. The highest BCUT2D eigenvalue weighted by Crippen LogP contribution is 2.37. The van der Waals surface area contributed by atoms with Gasteiger partial charge in [0.05, 0.1) is 6.04 Å². The summed E-state index contributed by atoms with van der Waals surface area (Å²) in [6.45, 7) is 0. The largest absolute Gasteiger partial charge is 0.481 e. The molecule has 0 fully saturated rings. The van der Waals surface area contributed by atoms with Crippen molar-refractivity contribution in [3.63, 3.8) is 0 Å². The SMILES string of the molecule is O=C(O)CCc1cccc(NC2CCc3cc(F)c(F)c(F)c32)c1. The van der Waals surface area contributed by atoms with Crippen LogP contribution in [0.4, 0.5) is 18.9 Å². The van der Waals surface area contributed by atoms with Crippen molar-refractivity contribution >= 4 is 11.7 Å². The minimum absolute atomic E-state index is 0.0227. The van der Waals surface area contributed by atoms with Gasteiger partial charge in [-0.15, -0.1) is 0 Å². The molecule has 0 amide bonds. The molecular formula is C18H16F3NO2. The van der Waals surface area contributed by atoms with Gasteiger partial charge in [0.2, 0.25) is 0 Å². The Hall–Kier alpha value is -2.50. The monoisotopic (exact) mass is 335 g/mol. The number of hydrogen-bond acceptors (Lipinski definition) is 2. The topological polar surface area (TPSA) is 49.3 Å². The summed E-state index contributed by atoms with van der Waals surface area (Å²) in [5.41, 5.74) is 2.18. The van der Waals surface area contributed by atoms with Crippen LogP contribution in [0.5, 0.6) is 0 Å². The molecule has 1 aliphatic rings. The lowest BCUT2D eigenvalue weighted by atomic mass is 10.1. The van der Waals surface area contributed by atoms with Crippen molar-refractivity contribution in [2.45, 2.75) is 31.7 Å². The van der Waals surface area contributed by atoms with Gasteiger partial charge in [-0.3, -0.25) is 4.79 Å². The van der Waals surface area contributed by atoms with E-state index < -0.39 is 29.5 Å². The van der Waals surface area contributed by atoms with E-state index in [0.29, 0.717) is 30.5 Å². The van der Waals surface area contributed by atoms with E-state index in [0.717, 1.165) is 11.6 Å². The Kier molecular flexibility index (Phi) is 4.46. The lowest BCUT2D eigenvalue weighted by molar-refractivity contribution is -0.136. The molecule has 2 aromatic carbocycles. The number of halogens is 3. The molecule has 2 N–H and O–H groups in total. The molecule has 3 rings (SSSR count). The first kappa shape index (κ1) is 16.4. The van der Waals surface area contributed by atoms with Crippen LogP contribution in [0, 0.1) is 17.5 Å². The number of aliphatic carboxylic acids is 1. The number of hydrogen-bond donors (Lipinski definition) is 2. The molecule has 1 aliphatic carbocycles. The van der Waals surface area contributed by atoms with E-state index in [9.17, 15) is 18.0 Å². The third-order valence-electron chi connectivity index (χ3n) is 4.23. The van der Waals surface area contributed by atoms with Crippen molar-refractivity contribution < 1.29 is 23.1 Å². The van der Waals surface area contributed by atoms with Gasteiger partial charge in [0.25, 0.3) is 0 Å². The number of fused-ring (bicyclic) bond motifs is 1. The van der Waals surface area contributed by atoms with Crippen molar-refractivity contribution in [1.29, 1.82) is 0 Å². The Morgan fingerprint density at radius 2 is 2.00 bits per heavy atom. The second-order valence-electron chi connectivity index (χ2n) is 5.89. The molecule has 0 saturated heterocycles. The maximum absolute atomic E-state index is 14.1. The number of rotatable bonds is 5. The third-order valence-corrected chi connectivity index (χ3v) is 4.23. The molecule has 126 valence electrons. The zero-order chi connectivity index (χ0) is 17.3. The number of carbonyl (C=O) groups is 1. The predicted octanol–water partition coefficient (Wildman–Crippen LogP) is 4.22. The minimum Gasteiger partial charge on any atom is -0.481 e. The van der Waals surface area contributed by atoms with E-state index in [1.54, 1.807) is 18.2 Å². The zero-order valence-electron chi connectivity index (χ0n) is 12.8. The first-order valence-corrected chi connectivity index (χ1v) is 7.69. The van der Waals surface area contributed by atoms with Crippen LogP contribution in [-0.4, -0.2) is 11.1 Å². The molecule has 1 unspecified atom stereocenters. The van der Waals surface area contributed by atoms with Gasteiger partial charge in [-0.25, -0.2) is 13.2 Å². The summed E-state index contributed by atoms with van der Waals surface area (Å²) in [6, 6.07) is 7.77. The number of nitrogens with one attached hydrogen (secondary N) is 1. The van der Waals surface area contributed by atoms with Gasteiger partial charge in [-0.05, 0) is 48.6 Å². The predicted molar refractivity (Wildman–Crippen MR) is 83.4 cm³/mol. The first-order chi connectivity index (χ1) is 11.5. The first-order valence-electron chi connectivity index (χ1n) is 7.69. The molecule has 0 aromatic heterocycles. The highest BCUT2D eigenvalue weighted by atomic mass is 19.2. The van der Waals surface area contributed by atoms with Crippen molar-refractivity contribution in [1.82, 2.24) is 0 Å². The fraction of sp³-hybridized carbons (Fsp3) is 0.278. The molecule has 3 nitrogen and oxygen atoms in total. The molecule has 0 aliphatic heterocycles. The molecule has 1 atom stereocenters. The normalized spacial score (nSPS) is 16.0. The van der Waals surface area contributed by atoms with E-state index in [-0.39, 0.29) is 12.0 Å². The molecule has 0 bridgehead atoms. The second kappa shape index (κ2) is 6.55. The average molecular weight is 335 g/mol. The highest BCUT2D eigenvalue weighted by molar-refractivity contribution is 5.67. The van der Waals surface area contributed by atoms with Gasteiger partial charge in [0, 0.05) is 17.7 Å². The van der Waals surface area contributed by atoms with Crippen LogP contribution in [0.25, 0.3) is 0 Å². The summed E-state index contributed by atoms with van der Waals surface area (Å²) in [6.07, 6.45) is 1.42. The van der Waals surface area contributed by atoms with Gasteiger partial charge in [-0.2, -0.15) is 0 Å². The minimum atomic E-state index is -1.45. The van der Waals surface area contributed by atoms with Gasteiger partial charge in [0.15, 0.2) is 17.5 Å². The van der Waals surface area contributed by atoms with E-state index in [2.05, 4.69) is 5.32 Å². The summed E-state index contributed by atoms with van der Waals surface area (Å²) < 4.78 is 40.9. The molecule has 0 spiro atoms. The molecule has 24 heavy (non-hydrogen) atoms. The van der Waals surface area contributed by atoms with Crippen LogP contribution < -0.4 is 5.32 Å². The highest BCUT2D eigenvalue weighted by Gasteiger charge is 2.30. The summed E-state index contributed by atoms with van der Waals surface area (Å²) in [5.74, 6) is -4.63. The Morgan fingerprint density at radius 3 is 2.75 bits per heavy atom. The summed E-state index contributed by atoms with van der Waals surface area (Å²) in [4.78, 5) is 10.6. The summed E-state index contributed by atoms with van der Waals surface area (Å²) in [7, 11) is 0. The van der Waals surface area contributed by atoms with Gasteiger partial charge < -0.3 is 10.4 Å². The molecule has 2 aromatic rings. The van der Waals surface area contributed by atoms with E-state index in [4.69, 9.17) is 5.11 Å². The van der Waals surface area contributed by atoms with Crippen LogP contribution in [0.15, 0.2) is 30.3 Å². The Morgan fingerprint density at radius 1 is 1.21 bits per heavy atom. The standard InChI is InChI=1S/C18H16F3NO2/c19-13-9-11-5-6-14(16(11)18(21)17(13)20)22-12-3-1-2-10(8-12)4-7-15(23)24/h1-3,8-9,14,22H,4-7H2,(H,23,24). The summed E-state index contributed by atoms with van der Waals surface area (Å²) >= 11 is 0. The van der Waals surface area contributed by atoms with Gasteiger partial charge in [-0.1, -0.05) is 12.1 Å². The van der Waals surface area contributed by atoms with Crippen molar-refractivity contribution in [2.75, 3.05) is 5.32 Å². The second-order valence-corrected chi connectivity index (χ2v) is 5.89. The molecule has 6 heteroatoms. The lowest BCUT2D eigenvalue weighted by Crippen LogP contribution is -2.11. The van der Waals surface area contributed by atoms with Crippen molar-refractivity contribution in [3.05, 3.63) is 64.5 Å². The number of benzene rings is 2. The summed E-state index contributed by atoms with van der Waals surface area (Å²) in [5, 5.41) is 11.9. The smallest absolute Gasteiger partial charge is 0.303 e. The molecule has 0 radical (unpaired) electrons. The van der Waals surface area contributed by atoms with Crippen LogP contribution in [0.3, 0.4) is 0 Å². The van der Waals surface area contributed by atoms with Crippen LogP contribution in [-0.2, 0) is 17.6 Å². The number of aryl methyl sites for hydroxylation is 2.